The lowest BCUT2D eigenvalue weighted by Gasteiger charge is -2.06. The van der Waals surface area contributed by atoms with Crippen molar-refractivity contribution in [1.82, 2.24) is 19.7 Å². The van der Waals surface area contributed by atoms with Crippen LogP contribution in [0.25, 0.3) is 0 Å². The van der Waals surface area contributed by atoms with Crippen molar-refractivity contribution in [2.45, 2.75) is 13.5 Å². The van der Waals surface area contributed by atoms with Crippen molar-refractivity contribution < 1.29 is 4.79 Å². The number of hydrogen-bond donors (Lipinski definition) is 1. The third kappa shape index (κ3) is 3.28. The monoisotopic (exact) mass is 318 g/mol. The van der Waals surface area contributed by atoms with Crippen molar-refractivity contribution in [1.29, 1.82) is 5.26 Å². The zero-order valence-corrected chi connectivity index (χ0v) is 13.0. The summed E-state index contributed by atoms with van der Waals surface area (Å²) in [5, 5.41) is 15.9. The average Bonchev–Trinajstić information content (AvgIpc) is 3.02. The number of amides is 1. The number of aromatic nitrogens is 4. The van der Waals surface area contributed by atoms with E-state index in [1.54, 1.807) is 48.5 Å². The van der Waals surface area contributed by atoms with E-state index in [0.29, 0.717) is 23.2 Å². The molecular weight excluding hydrogens is 304 g/mol. The fourth-order valence-electron chi connectivity index (χ4n) is 2.28. The lowest BCUT2D eigenvalue weighted by molar-refractivity contribution is 0.102. The zero-order valence-electron chi connectivity index (χ0n) is 13.0. The minimum atomic E-state index is -0.344. The number of nitrogens with one attached hydrogen (secondary N) is 1. The molecule has 0 atom stereocenters. The van der Waals surface area contributed by atoms with Gasteiger partial charge in [0.15, 0.2) is 0 Å². The second kappa shape index (κ2) is 6.71. The number of benzene rings is 1. The summed E-state index contributed by atoms with van der Waals surface area (Å²) < 4.78 is 1.62. The molecule has 3 aromatic rings. The van der Waals surface area contributed by atoms with E-state index in [0.717, 1.165) is 5.56 Å². The van der Waals surface area contributed by atoms with Gasteiger partial charge in [-0.05, 0) is 36.2 Å². The molecule has 0 aliphatic heterocycles. The van der Waals surface area contributed by atoms with E-state index in [9.17, 15) is 4.79 Å². The van der Waals surface area contributed by atoms with Crippen LogP contribution in [0.15, 0.2) is 49.1 Å². The highest BCUT2D eigenvalue weighted by Crippen LogP contribution is 2.14. The van der Waals surface area contributed by atoms with Gasteiger partial charge >= 0.3 is 0 Å². The molecule has 0 spiro atoms. The number of rotatable bonds is 4. The highest BCUT2D eigenvalue weighted by molar-refractivity contribution is 6.04. The number of nitriles is 1. The molecule has 0 aliphatic rings. The Kier molecular flexibility index (Phi) is 4.29. The molecule has 0 saturated heterocycles. The molecule has 1 aromatic carbocycles. The maximum atomic E-state index is 12.4. The number of anilines is 1. The first-order chi connectivity index (χ1) is 11.7. The lowest BCUT2D eigenvalue weighted by atomic mass is 10.0. The van der Waals surface area contributed by atoms with Crippen LogP contribution >= 0.6 is 0 Å². The highest BCUT2D eigenvalue weighted by Gasteiger charge is 2.13. The highest BCUT2D eigenvalue weighted by atomic mass is 16.1. The molecule has 0 aliphatic carbocycles. The Bertz CT molecular complexity index is 910. The molecule has 7 nitrogen and oxygen atoms in total. The Labute approximate surface area is 138 Å². The van der Waals surface area contributed by atoms with Crippen molar-refractivity contribution in [2.75, 3.05) is 5.32 Å². The number of nitrogens with zero attached hydrogens (tertiary/aromatic N) is 5. The van der Waals surface area contributed by atoms with E-state index < -0.39 is 0 Å². The molecule has 24 heavy (non-hydrogen) atoms. The van der Waals surface area contributed by atoms with Crippen molar-refractivity contribution in [3.63, 3.8) is 0 Å². The summed E-state index contributed by atoms with van der Waals surface area (Å²) in [4.78, 5) is 20.5. The summed E-state index contributed by atoms with van der Waals surface area (Å²) in [7, 11) is 0. The summed E-state index contributed by atoms with van der Waals surface area (Å²) in [6, 6.07) is 10.9. The van der Waals surface area contributed by atoms with Gasteiger partial charge in [-0.2, -0.15) is 5.26 Å². The van der Waals surface area contributed by atoms with Crippen LogP contribution in [0.1, 0.15) is 27.0 Å². The SMILES string of the molecule is Cc1c(C#N)cccc1C(=O)Nc1ncn(Cc2cccnc2)n1. The standard InChI is InChI=1S/C17H14N6O/c1-12-14(8-18)5-2-6-15(12)16(24)21-17-20-11-23(22-17)10-13-4-3-7-19-9-13/h2-7,9,11H,10H2,1H3,(H,21,22,24). The van der Waals surface area contributed by atoms with Gasteiger partial charge in [0, 0.05) is 18.0 Å². The fraction of sp³-hybridized carbons (Fsp3) is 0.118. The van der Waals surface area contributed by atoms with Crippen molar-refractivity contribution >= 4 is 11.9 Å². The molecule has 118 valence electrons. The van der Waals surface area contributed by atoms with E-state index >= 15 is 0 Å². The van der Waals surface area contributed by atoms with Crippen LogP contribution < -0.4 is 5.32 Å². The van der Waals surface area contributed by atoms with Crippen LogP contribution in [0.5, 0.6) is 0 Å². The van der Waals surface area contributed by atoms with Gasteiger partial charge in [0.05, 0.1) is 18.2 Å². The minimum Gasteiger partial charge on any atom is -0.289 e. The van der Waals surface area contributed by atoms with Gasteiger partial charge in [0.25, 0.3) is 5.91 Å². The van der Waals surface area contributed by atoms with E-state index in [2.05, 4.69) is 26.5 Å². The number of carbonyl (C=O) groups is 1. The molecule has 2 aromatic heterocycles. The molecule has 0 radical (unpaired) electrons. The molecule has 1 amide bonds. The van der Waals surface area contributed by atoms with Gasteiger partial charge in [0.2, 0.25) is 5.95 Å². The molecule has 0 unspecified atom stereocenters. The van der Waals surface area contributed by atoms with E-state index in [4.69, 9.17) is 5.26 Å². The normalized spacial score (nSPS) is 10.2. The molecule has 0 fully saturated rings. The first kappa shape index (κ1) is 15.4. The van der Waals surface area contributed by atoms with Crippen molar-refractivity contribution in [3.8, 4) is 6.07 Å². The van der Waals surface area contributed by atoms with Crippen molar-refractivity contribution in [3.05, 3.63) is 71.3 Å². The molecule has 3 rings (SSSR count). The Morgan fingerprint density at radius 2 is 2.21 bits per heavy atom. The van der Waals surface area contributed by atoms with Crippen molar-refractivity contribution in [2.24, 2.45) is 0 Å². The summed E-state index contributed by atoms with van der Waals surface area (Å²) in [6.07, 6.45) is 4.99. The first-order valence-corrected chi connectivity index (χ1v) is 7.27. The predicted octanol–water partition coefficient (Wildman–Crippen LogP) is 2.15. The summed E-state index contributed by atoms with van der Waals surface area (Å²) >= 11 is 0. The van der Waals surface area contributed by atoms with Crippen LogP contribution in [0.4, 0.5) is 5.95 Å². The van der Waals surface area contributed by atoms with Gasteiger partial charge in [0.1, 0.15) is 6.33 Å². The van der Waals surface area contributed by atoms with Gasteiger partial charge < -0.3 is 0 Å². The summed E-state index contributed by atoms with van der Waals surface area (Å²) in [5.41, 5.74) is 2.51. The quantitative estimate of drug-likeness (QED) is 0.795. The lowest BCUT2D eigenvalue weighted by Crippen LogP contribution is -2.15. The number of pyridine rings is 1. The van der Waals surface area contributed by atoms with Gasteiger partial charge in [-0.3, -0.25) is 15.1 Å². The van der Waals surface area contributed by atoms with Crippen LogP contribution in [0.3, 0.4) is 0 Å². The van der Waals surface area contributed by atoms with Crippen LogP contribution in [0, 0.1) is 18.3 Å². The molecule has 0 bridgehead atoms. The Balaban J connectivity index is 1.73. The Morgan fingerprint density at radius 3 is 2.96 bits per heavy atom. The number of carbonyl (C=O) groups excluding carboxylic acids is 1. The summed E-state index contributed by atoms with van der Waals surface area (Å²) in [5.74, 6) is -0.130. The smallest absolute Gasteiger partial charge is 0.258 e. The summed E-state index contributed by atoms with van der Waals surface area (Å²) in [6.45, 7) is 2.25. The second-order valence-corrected chi connectivity index (χ2v) is 5.17. The minimum absolute atomic E-state index is 0.214. The van der Waals surface area contributed by atoms with E-state index in [1.165, 1.54) is 0 Å². The predicted molar refractivity (Wildman–Crippen MR) is 87.2 cm³/mol. The Hall–Kier alpha value is -3.53. The third-order valence-corrected chi connectivity index (χ3v) is 3.53. The van der Waals surface area contributed by atoms with Gasteiger partial charge in [-0.1, -0.05) is 12.1 Å². The third-order valence-electron chi connectivity index (χ3n) is 3.53. The van der Waals surface area contributed by atoms with Crippen LogP contribution in [-0.2, 0) is 6.54 Å². The largest absolute Gasteiger partial charge is 0.289 e. The Morgan fingerprint density at radius 1 is 1.33 bits per heavy atom. The van der Waals surface area contributed by atoms with Crippen LogP contribution in [-0.4, -0.2) is 25.7 Å². The maximum Gasteiger partial charge on any atom is 0.258 e. The number of hydrogen-bond acceptors (Lipinski definition) is 5. The molecule has 2 heterocycles. The molecule has 7 heteroatoms. The second-order valence-electron chi connectivity index (χ2n) is 5.17. The average molecular weight is 318 g/mol. The fourth-order valence-corrected chi connectivity index (χ4v) is 2.28. The zero-order chi connectivity index (χ0) is 16.9. The van der Waals surface area contributed by atoms with E-state index in [1.807, 2.05) is 12.1 Å². The molecule has 0 saturated carbocycles. The topological polar surface area (TPSA) is 96.5 Å². The van der Waals surface area contributed by atoms with E-state index in [-0.39, 0.29) is 11.9 Å². The van der Waals surface area contributed by atoms with Crippen LogP contribution in [0.2, 0.25) is 0 Å². The molecule has 1 N–H and O–H groups in total. The first-order valence-electron chi connectivity index (χ1n) is 7.27. The van der Waals surface area contributed by atoms with Gasteiger partial charge in [-0.15, -0.1) is 5.10 Å². The molecular formula is C17H14N6O. The van der Waals surface area contributed by atoms with Gasteiger partial charge in [-0.25, -0.2) is 9.67 Å². The maximum absolute atomic E-state index is 12.4.